The summed E-state index contributed by atoms with van der Waals surface area (Å²) in [5.74, 6) is 2.07. The third-order valence-corrected chi connectivity index (χ3v) is 5.04. The number of guanidine groups is 1. The van der Waals surface area contributed by atoms with Gasteiger partial charge in [0.2, 0.25) is 0 Å². The maximum atomic E-state index is 4.93. The van der Waals surface area contributed by atoms with Crippen LogP contribution in [0.15, 0.2) is 72.0 Å². The Bertz CT molecular complexity index is 849. The van der Waals surface area contributed by atoms with Gasteiger partial charge in [0.1, 0.15) is 12.2 Å². The third kappa shape index (κ3) is 6.17. The zero-order valence-electron chi connectivity index (χ0n) is 18.0. The normalized spacial score (nSPS) is 11.6. The smallest absolute Gasteiger partial charge is 0.191 e. The van der Waals surface area contributed by atoms with Gasteiger partial charge < -0.3 is 15.2 Å². The van der Waals surface area contributed by atoms with Crippen LogP contribution in [0.5, 0.6) is 0 Å². The Morgan fingerprint density at radius 1 is 0.933 bits per heavy atom. The number of aryl methyl sites for hydroxylation is 1. The number of hydrogen-bond acceptors (Lipinski definition) is 3. The highest BCUT2D eigenvalue weighted by atomic mass is 15.3. The number of aromatic nitrogens is 3. The molecule has 3 aromatic rings. The van der Waals surface area contributed by atoms with E-state index in [1.165, 1.54) is 11.1 Å². The second-order valence-electron chi connectivity index (χ2n) is 7.21. The monoisotopic (exact) mass is 404 g/mol. The van der Waals surface area contributed by atoms with Crippen LogP contribution in [0.2, 0.25) is 0 Å². The van der Waals surface area contributed by atoms with Gasteiger partial charge in [0.15, 0.2) is 5.96 Å². The average Bonchev–Trinajstić information content (AvgIpc) is 3.26. The molecule has 3 rings (SSSR count). The maximum absolute atomic E-state index is 4.93. The van der Waals surface area contributed by atoms with Crippen LogP contribution in [0.4, 0.5) is 0 Å². The van der Waals surface area contributed by atoms with E-state index in [9.17, 15) is 0 Å². The first-order chi connectivity index (χ1) is 14.8. The molecule has 158 valence electrons. The van der Waals surface area contributed by atoms with Crippen LogP contribution in [0.25, 0.3) is 0 Å². The number of benzene rings is 2. The van der Waals surface area contributed by atoms with Gasteiger partial charge in [-0.3, -0.25) is 4.99 Å². The zero-order valence-corrected chi connectivity index (χ0v) is 18.0. The minimum Gasteiger partial charge on any atom is -0.356 e. The van der Waals surface area contributed by atoms with Crippen molar-refractivity contribution in [3.63, 3.8) is 0 Å². The molecule has 0 unspecified atom stereocenters. The topological polar surface area (TPSA) is 67.1 Å². The predicted octanol–water partition coefficient (Wildman–Crippen LogP) is 3.62. The molecule has 1 aromatic heterocycles. The molecule has 0 saturated heterocycles. The van der Waals surface area contributed by atoms with Gasteiger partial charge in [-0.2, -0.15) is 0 Å². The molecule has 0 bridgehead atoms. The lowest BCUT2D eigenvalue weighted by molar-refractivity contribution is 0.630. The van der Waals surface area contributed by atoms with Gasteiger partial charge in [-0.1, -0.05) is 74.5 Å². The maximum Gasteiger partial charge on any atom is 0.191 e. The van der Waals surface area contributed by atoms with E-state index in [0.717, 1.165) is 44.3 Å². The summed E-state index contributed by atoms with van der Waals surface area (Å²) in [6.07, 6.45) is 3.72. The lowest BCUT2D eigenvalue weighted by Gasteiger charge is -2.18. The van der Waals surface area contributed by atoms with Crippen molar-refractivity contribution >= 4 is 5.96 Å². The molecular formula is C24H32N6. The molecule has 2 aromatic carbocycles. The van der Waals surface area contributed by atoms with Crippen molar-refractivity contribution in [2.75, 3.05) is 19.6 Å². The Morgan fingerprint density at radius 3 is 2.17 bits per heavy atom. The molecular weight excluding hydrogens is 372 g/mol. The van der Waals surface area contributed by atoms with Crippen LogP contribution < -0.4 is 10.6 Å². The molecule has 0 aliphatic heterocycles. The highest BCUT2D eigenvalue weighted by Gasteiger charge is 2.14. The number of nitrogens with one attached hydrogen (secondary N) is 2. The van der Waals surface area contributed by atoms with Gasteiger partial charge in [-0.15, -0.1) is 10.2 Å². The first-order valence-electron chi connectivity index (χ1n) is 10.8. The molecule has 0 aliphatic rings. The Hall–Kier alpha value is -3.15. The summed E-state index contributed by atoms with van der Waals surface area (Å²) in [6, 6.07) is 21.2. The summed E-state index contributed by atoms with van der Waals surface area (Å²) in [4.78, 5) is 4.93. The Balaban J connectivity index is 1.70. The summed E-state index contributed by atoms with van der Waals surface area (Å²) in [5, 5.41) is 15.1. The largest absolute Gasteiger partial charge is 0.356 e. The number of aliphatic imine (C=N–C) groups is 1. The molecule has 0 radical (unpaired) electrons. The van der Waals surface area contributed by atoms with Crippen LogP contribution in [-0.2, 0) is 13.0 Å². The minimum atomic E-state index is 0.220. The van der Waals surface area contributed by atoms with Gasteiger partial charge in [-0.25, -0.2) is 0 Å². The van der Waals surface area contributed by atoms with E-state index in [1.54, 1.807) is 6.33 Å². The number of hydrogen-bond donors (Lipinski definition) is 2. The van der Waals surface area contributed by atoms with Crippen LogP contribution in [-0.4, -0.2) is 40.4 Å². The number of nitrogens with zero attached hydrogens (tertiary/aromatic N) is 4. The lowest BCUT2D eigenvalue weighted by atomic mass is 9.91. The Kier molecular flexibility index (Phi) is 8.45. The van der Waals surface area contributed by atoms with Crippen LogP contribution in [0.3, 0.4) is 0 Å². The van der Waals surface area contributed by atoms with Gasteiger partial charge in [-0.05, 0) is 17.5 Å². The fraction of sp³-hybridized carbons (Fsp3) is 0.375. The van der Waals surface area contributed by atoms with E-state index in [2.05, 4.69) is 99.9 Å². The van der Waals surface area contributed by atoms with Crippen LogP contribution in [0.1, 0.15) is 43.1 Å². The molecule has 2 N–H and O–H groups in total. The van der Waals surface area contributed by atoms with Crippen molar-refractivity contribution in [3.8, 4) is 0 Å². The molecule has 0 fully saturated rings. The van der Waals surface area contributed by atoms with E-state index in [-0.39, 0.29) is 5.92 Å². The van der Waals surface area contributed by atoms with E-state index in [0.29, 0.717) is 6.54 Å². The second kappa shape index (κ2) is 11.8. The summed E-state index contributed by atoms with van der Waals surface area (Å²) < 4.78 is 2.08. The van der Waals surface area contributed by atoms with E-state index >= 15 is 0 Å². The molecule has 6 heteroatoms. The van der Waals surface area contributed by atoms with Gasteiger partial charge >= 0.3 is 0 Å². The third-order valence-electron chi connectivity index (χ3n) is 5.04. The molecule has 1 heterocycles. The fourth-order valence-corrected chi connectivity index (χ4v) is 3.41. The minimum absolute atomic E-state index is 0.220. The molecule has 0 atom stereocenters. The summed E-state index contributed by atoms with van der Waals surface area (Å²) in [5.41, 5.74) is 2.55. The second-order valence-corrected chi connectivity index (χ2v) is 7.21. The van der Waals surface area contributed by atoms with Crippen molar-refractivity contribution in [3.05, 3.63) is 83.9 Å². The molecule has 0 aliphatic carbocycles. The Morgan fingerprint density at radius 2 is 1.57 bits per heavy atom. The molecule has 6 nitrogen and oxygen atoms in total. The van der Waals surface area contributed by atoms with Crippen molar-refractivity contribution in [1.82, 2.24) is 25.4 Å². The van der Waals surface area contributed by atoms with E-state index in [1.807, 2.05) is 0 Å². The highest BCUT2D eigenvalue weighted by molar-refractivity contribution is 5.79. The van der Waals surface area contributed by atoms with Gasteiger partial charge in [0.05, 0.1) is 6.54 Å². The molecule has 30 heavy (non-hydrogen) atoms. The molecule has 0 spiro atoms. The van der Waals surface area contributed by atoms with Crippen molar-refractivity contribution in [1.29, 1.82) is 0 Å². The summed E-state index contributed by atoms with van der Waals surface area (Å²) >= 11 is 0. The predicted molar refractivity (Wildman–Crippen MR) is 123 cm³/mol. The standard InChI is InChI=1S/C24H32N6/c1-3-15-25-24(26-16-17-30-19-28-29-23(30)4-2)27-18-22(20-11-7-5-8-12-20)21-13-9-6-10-14-21/h5-14,19,22H,3-4,15-18H2,1-2H3,(H2,25,26,27). The SMILES string of the molecule is CCCNC(=NCC(c1ccccc1)c1ccccc1)NCCn1cnnc1CC. The quantitative estimate of drug-likeness (QED) is 0.400. The van der Waals surface area contributed by atoms with Crippen LogP contribution in [0, 0.1) is 0 Å². The van der Waals surface area contributed by atoms with Crippen molar-refractivity contribution in [2.24, 2.45) is 4.99 Å². The van der Waals surface area contributed by atoms with Crippen molar-refractivity contribution < 1.29 is 0 Å². The molecule has 0 saturated carbocycles. The van der Waals surface area contributed by atoms with Gasteiger partial charge in [0, 0.05) is 32.0 Å². The first kappa shape index (κ1) is 21.6. The highest BCUT2D eigenvalue weighted by Crippen LogP contribution is 2.24. The van der Waals surface area contributed by atoms with Crippen LogP contribution >= 0.6 is 0 Å². The fourth-order valence-electron chi connectivity index (χ4n) is 3.41. The summed E-state index contributed by atoms with van der Waals surface area (Å²) in [6.45, 7) is 7.40. The van der Waals surface area contributed by atoms with Crippen molar-refractivity contribution in [2.45, 2.75) is 39.2 Å². The zero-order chi connectivity index (χ0) is 21.0. The number of rotatable bonds is 10. The molecule has 0 amide bonds. The van der Waals surface area contributed by atoms with Gasteiger partial charge in [0.25, 0.3) is 0 Å². The van der Waals surface area contributed by atoms with E-state index < -0.39 is 0 Å². The Labute approximate surface area is 179 Å². The summed E-state index contributed by atoms with van der Waals surface area (Å²) in [7, 11) is 0. The van der Waals surface area contributed by atoms with E-state index in [4.69, 9.17) is 4.99 Å². The first-order valence-corrected chi connectivity index (χ1v) is 10.8. The lowest BCUT2D eigenvalue weighted by Crippen LogP contribution is -2.39. The average molecular weight is 405 g/mol.